The first kappa shape index (κ1) is 14.7. The first-order valence-corrected chi connectivity index (χ1v) is 8.39. The Hall–Kier alpha value is -2.92. The fourth-order valence-corrected chi connectivity index (χ4v) is 3.65. The predicted molar refractivity (Wildman–Crippen MR) is 99.5 cm³/mol. The number of aromatic hydroxyl groups is 1. The van der Waals surface area contributed by atoms with Gasteiger partial charge in [-0.1, -0.05) is 12.1 Å². The van der Waals surface area contributed by atoms with Crippen LogP contribution in [-0.2, 0) is 0 Å². The molecule has 3 heterocycles. The van der Waals surface area contributed by atoms with Crippen LogP contribution in [0.5, 0.6) is 5.75 Å². The number of para-hydroxylation sites is 1. The Bertz CT molecular complexity index is 1010. The highest BCUT2D eigenvalue weighted by atomic mass is 32.1. The van der Waals surface area contributed by atoms with E-state index in [2.05, 4.69) is 22.4 Å². The van der Waals surface area contributed by atoms with E-state index in [-0.39, 0.29) is 5.75 Å². The summed E-state index contributed by atoms with van der Waals surface area (Å²) in [5, 5.41) is 14.1. The highest BCUT2D eigenvalue weighted by Crippen LogP contribution is 2.37. The molecule has 0 spiro atoms. The first-order chi connectivity index (χ1) is 11.7. The number of nitrogens with zero attached hydrogens (tertiary/aromatic N) is 2. The van der Waals surface area contributed by atoms with Gasteiger partial charge < -0.3 is 10.4 Å². The van der Waals surface area contributed by atoms with E-state index in [1.54, 1.807) is 17.4 Å². The van der Waals surface area contributed by atoms with E-state index in [0.717, 1.165) is 37.7 Å². The van der Waals surface area contributed by atoms with Gasteiger partial charge in [0.25, 0.3) is 0 Å². The van der Waals surface area contributed by atoms with Crippen LogP contribution in [-0.4, -0.2) is 22.1 Å². The molecule has 0 aliphatic heterocycles. The van der Waals surface area contributed by atoms with Gasteiger partial charge in [0.2, 0.25) is 0 Å². The van der Waals surface area contributed by atoms with Gasteiger partial charge in [-0.3, -0.25) is 0 Å². The molecule has 118 valence electrons. The molecule has 24 heavy (non-hydrogen) atoms. The fourth-order valence-electron chi connectivity index (χ4n) is 2.59. The Balaban J connectivity index is 1.77. The first-order valence-electron chi connectivity index (χ1n) is 7.58. The van der Waals surface area contributed by atoms with E-state index in [4.69, 9.17) is 4.98 Å². The summed E-state index contributed by atoms with van der Waals surface area (Å²) >= 11 is 1.58. The lowest BCUT2D eigenvalue weighted by Crippen LogP contribution is -1.91. The molecular weight excluding hydrogens is 318 g/mol. The lowest BCUT2D eigenvalue weighted by Gasteiger charge is -2.02. The minimum atomic E-state index is 0.288. The summed E-state index contributed by atoms with van der Waals surface area (Å²) in [7, 11) is 1.85. The summed E-state index contributed by atoms with van der Waals surface area (Å²) in [6.45, 7) is 0. The van der Waals surface area contributed by atoms with E-state index < -0.39 is 0 Å². The zero-order chi connectivity index (χ0) is 16.5. The zero-order valence-corrected chi connectivity index (χ0v) is 13.8. The normalized spacial score (nSPS) is 10.9. The van der Waals surface area contributed by atoms with Gasteiger partial charge in [-0.05, 0) is 42.5 Å². The molecule has 1 aromatic carbocycles. The molecule has 0 bridgehead atoms. The van der Waals surface area contributed by atoms with E-state index in [1.165, 1.54) is 0 Å². The van der Waals surface area contributed by atoms with Crippen molar-refractivity contribution in [3.8, 4) is 27.4 Å². The van der Waals surface area contributed by atoms with Gasteiger partial charge in [-0.15, -0.1) is 11.3 Å². The highest BCUT2D eigenvalue weighted by Gasteiger charge is 2.10. The molecule has 0 saturated carbocycles. The molecule has 0 unspecified atom stereocenters. The van der Waals surface area contributed by atoms with Crippen molar-refractivity contribution in [1.29, 1.82) is 0 Å². The summed E-state index contributed by atoms with van der Waals surface area (Å²) in [6.07, 6.45) is 1.82. The van der Waals surface area contributed by atoms with Crippen LogP contribution in [0, 0.1) is 0 Å². The summed E-state index contributed by atoms with van der Waals surface area (Å²) in [6, 6.07) is 17.4. The van der Waals surface area contributed by atoms with E-state index in [0.29, 0.717) is 0 Å². The van der Waals surface area contributed by atoms with Crippen molar-refractivity contribution in [2.45, 2.75) is 0 Å². The molecule has 4 nitrogen and oxygen atoms in total. The number of benzene rings is 1. The smallest absolute Gasteiger partial charge is 0.125 e. The molecule has 0 fully saturated rings. The Labute approximate surface area is 143 Å². The van der Waals surface area contributed by atoms with Crippen molar-refractivity contribution in [3.63, 3.8) is 0 Å². The monoisotopic (exact) mass is 333 g/mol. The summed E-state index contributed by atoms with van der Waals surface area (Å²) in [4.78, 5) is 11.0. The van der Waals surface area contributed by atoms with Crippen molar-refractivity contribution >= 4 is 27.4 Å². The SMILES string of the molecule is CNc1ccc(-c2ccc3cc(-c4ccccc4O)sc3n2)cn1. The van der Waals surface area contributed by atoms with Crippen molar-refractivity contribution in [3.05, 3.63) is 60.8 Å². The van der Waals surface area contributed by atoms with Crippen LogP contribution in [0.2, 0.25) is 0 Å². The number of pyridine rings is 2. The number of thiophene rings is 1. The number of phenols is 1. The third-order valence-corrected chi connectivity index (χ3v) is 4.95. The second-order valence-electron chi connectivity index (χ2n) is 5.40. The Kier molecular flexibility index (Phi) is 3.63. The van der Waals surface area contributed by atoms with Crippen LogP contribution in [0.3, 0.4) is 0 Å². The number of nitrogens with one attached hydrogen (secondary N) is 1. The lowest BCUT2D eigenvalue weighted by atomic mass is 10.1. The van der Waals surface area contributed by atoms with Crippen LogP contribution in [0.4, 0.5) is 5.82 Å². The van der Waals surface area contributed by atoms with Crippen molar-refractivity contribution < 1.29 is 5.11 Å². The van der Waals surface area contributed by atoms with Crippen LogP contribution >= 0.6 is 11.3 Å². The number of rotatable bonds is 3. The zero-order valence-electron chi connectivity index (χ0n) is 13.0. The topological polar surface area (TPSA) is 58.0 Å². The molecule has 3 aromatic heterocycles. The maximum Gasteiger partial charge on any atom is 0.125 e. The molecule has 0 aliphatic rings. The second-order valence-corrected chi connectivity index (χ2v) is 6.43. The van der Waals surface area contributed by atoms with Gasteiger partial charge in [0.1, 0.15) is 16.4 Å². The van der Waals surface area contributed by atoms with E-state index >= 15 is 0 Å². The van der Waals surface area contributed by atoms with Gasteiger partial charge in [0.15, 0.2) is 0 Å². The molecule has 0 radical (unpaired) electrons. The van der Waals surface area contributed by atoms with Crippen LogP contribution < -0.4 is 5.32 Å². The lowest BCUT2D eigenvalue weighted by molar-refractivity contribution is 0.477. The third kappa shape index (κ3) is 2.59. The van der Waals surface area contributed by atoms with E-state index in [9.17, 15) is 5.11 Å². The van der Waals surface area contributed by atoms with Crippen molar-refractivity contribution in [2.75, 3.05) is 12.4 Å². The number of phenolic OH excluding ortho intramolecular Hbond substituents is 1. The minimum absolute atomic E-state index is 0.288. The van der Waals surface area contributed by atoms with Crippen LogP contribution in [0.15, 0.2) is 60.8 Å². The summed E-state index contributed by atoms with van der Waals surface area (Å²) < 4.78 is 0. The molecule has 5 heteroatoms. The Morgan fingerprint density at radius 1 is 1.04 bits per heavy atom. The molecule has 0 saturated heterocycles. The number of anilines is 1. The van der Waals surface area contributed by atoms with Gasteiger partial charge in [-0.2, -0.15) is 0 Å². The van der Waals surface area contributed by atoms with Crippen LogP contribution in [0.1, 0.15) is 0 Å². The van der Waals surface area contributed by atoms with E-state index in [1.807, 2.05) is 49.6 Å². The molecule has 4 aromatic rings. The molecule has 0 aliphatic carbocycles. The Morgan fingerprint density at radius 3 is 2.67 bits per heavy atom. The summed E-state index contributed by atoms with van der Waals surface area (Å²) in [5.74, 6) is 1.12. The van der Waals surface area contributed by atoms with Gasteiger partial charge >= 0.3 is 0 Å². The fraction of sp³-hybridized carbons (Fsp3) is 0.0526. The molecule has 0 atom stereocenters. The van der Waals surface area contributed by atoms with Crippen molar-refractivity contribution in [2.24, 2.45) is 0 Å². The quantitative estimate of drug-likeness (QED) is 0.567. The predicted octanol–water partition coefficient (Wildman–Crippen LogP) is 4.77. The van der Waals surface area contributed by atoms with Crippen molar-refractivity contribution in [1.82, 2.24) is 9.97 Å². The molecule has 2 N–H and O–H groups in total. The molecule has 0 amide bonds. The van der Waals surface area contributed by atoms with Gasteiger partial charge in [0, 0.05) is 34.6 Å². The maximum atomic E-state index is 10.0. The molecular formula is C19H15N3OS. The second kappa shape index (κ2) is 5.94. The average molecular weight is 333 g/mol. The van der Waals surface area contributed by atoms with Crippen LogP contribution in [0.25, 0.3) is 31.9 Å². The highest BCUT2D eigenvalue weighted by molar-refractivity contribution is 7.21. The number of fused-ring (bicyclic) bond motifs is 1. The number of aromatic nitrogens is 2. The Morgan fingerprint density at radius 2 is 1.92 bits per heavy atom. The minimum Gasteiger partial charge on any atom is -0.507 e. The summed E-state index contributed by atoms with van der Waals surface area (Å²) in [5.41, 5.74) is 2.71. The molecule has 4 rings (SSSR count). The average Bonchev–Trinajstić information content (AvgIpc) is 3.05. The van der Waals surface area contributed by atoms with Gasteiger partial charge in [0.05, 0.1) is 5.69 Å². The standard InChI is InChI=1S/C19H15N3OS/c1-20-18-9-7-13(11-21-18)15-8-6-12-10-17(24-19(12)22-15)14-4-2-3-5-16(14)23/h2-11,23H,1H3,(H,20,21). The third-order valence-electron chi connectivity index (χ3n) is 3.87. The van der Waals surface area contributed by atoms with Gasteiger partial charge in [-0.25, -0.2) is 9.97 Å². The maximum absolute atomic E-state index is 10.0. The largest absolute Gasteiger partial charge is 0.507 e. The number of hydrogen-bond donors (Lipinski definition) is 2. The number of hydrogen-bond acceptors (Lipinski definition) is 5.